The van der Waals surface area contributed by atoms with Gasteiger partial charge in [-0.3, -0.25) is 0 Å². The molecule has 1 heteroatoms. The lowest BCUT2D eigenvalue weighted by Gasteiger charge is -2.27. The van der Waals surface area contributed by atoms with Crippen molar-refractivity contribution in [3.8, 4) is 0 Å². The van der Waals surface area contributed by atoms with E-state index in [0.29, 0.717) is 6.04 Å². The number of rotatable bonds is 0. The molecule has 1 fully saturated rings. The predicted molar refractivity (Wildman–Crippen MR) is 42.9 cm³/mol. The summed E-state index contributed by atoms with van der Waals surface area (Å²) in [6.45, 7) is 0. The van der Waals surface area contributed by atoms with Gasteiger partial charge in [-0.15, -0.1) is 0 Å². The Balaban J connectivity index is 2.04. The van der Waals surface area contributed by atoms with Crippen molar-refractivity contribution in [3.63, 3.8) is 0 Å². The molecule has 1 saturated heterocycles. The molecule has 2 atom stereocenters. The Labute approximate surface area is 62.5 Å². The van der Waals surface area contributed by atoms with Crippen LogP contribution in [-0.4, -0.2) is 12.1 Å². The van der Waals surface area contributed by atoms with Gasteiger partial charge in [-0.2, -0.15) is 0 Å². The molecule has 2 aliphatic rings. The summed E-state index contributed by atoms with van der Waals surface area (Å²) in [6, 6.07) is 1.54. The number of hydrogen-bond donors (Lipinski definition) is 1. The van der Waals surface area contributed by atoms with Crippen LogP contribution in [0.5, 0.6) is 0 Å². The van der Waals surface area contributed by atoms with Crippen LogP contribution in [0, 0.1) is 0 Å². The summed E-state index contributed by atoms with van der Waals surface area (Å²) in [5.74, 6) is 0. The summed E-state index contributed by atoms with van der Waals surface area (Å²) in [6.07, 6.45) is 11.5. The van der Waals surface area contributed by atoms with Crippen molar-refractivity contribution in [2.45, 2.75) is 44.2 Å². The fourth-order valence-electron chi connectivity index (χ4n) is 1.99. The molecule has 2 heterocycles. The molecule has 0 aromatic rings. The van der Waals surface area contributed by atoms with Gasteiger partial charge in [0.1, 0.15) is 0 Å². The zero-order valence-electron chi connectivity index (χ0n) is 6.34. The first kappa shape index (κ1) is 6.41. The summed E-state index contributed by atoms with van der Waals surface area (Å²) >= 11 is 0. The second-order valence-corrected chi connectivity index (χ2v) is 3.41. The minimum atomic E-state index is 0.709. The highest BCUT2D eigenvalue weighted by molar-refractivity contribution is 5.00. The van der Waals surface area contributed by atoms with Crippen LogP contribution < -0.4 is 5.32 Å². The molecule has 2 rings (SSSR count). The molecule has 0 saturated carbocycles. The highest BCUT2D eigenvalue weighted by Gasteiger charge is 2.19. The molecular formula is C9H15N. The quantitative estimate of drug-likeness (QED) is 0.502. The Bertz CT molecular complexity index is 140. The average molecular weight is 137 g/mol. The van der Waals surface area contributed by atoms with Crippen molar-refractivity contribution in [1.82, 2.24) is 5.32 Å². The first-order valence-corrected chi connectivity index (χ1v) is 4.38. The van der Waals surface area contributed by atoms with Gasteiger partial charge in [0.05, 0.1) is 0 Å². The van der Waals surface area contributed by atoms with Crippen LogP contribution in [0.3, 0.4) is 0 Å². The topological polar surface area (TPSA) is 12.0 Å². The van der Waals surface area contributed by atoms with Crippen molar-refractivity contribution in [1.29, 1.82) is 0 Å². The van der Waals surface area contributed by atoms with E-state index in [-0.39, 0.29) is 0 Å². The van der Waals surface area contributed by atoms with E-state index >= 15 is 0 Å². The maximum Gasteiger partial charge on any atom is 0.0252 e. The van der Waals surface area contributed by atoms with Gasteiger partial charge < -0.3 is 5.32 Å². The second-order valence-electron chi connectivity index (χ2n) is 3.41. The van der Waals surface area contributed by atoms with Crippen molar-refractivity contribution in [2.75, 3.05) is 0 Å². The lowest BCUT2D eigenvalue weighted by atomic mass is 9.98. The standard InChI is InChI=1S/C9H15N/c1-2-5-9-7-3-6-8(4-1)10-9/h1,4,8-10H,2-3,5-7H2. The Hall–Kier alpha value is -0.300. The number of fused-ring (bicyclic) bond motifs is 2. The molecule has 2 unspecified atom stereocenters. The van der Waals surface area contributed by atoms with E-state index < -0.39 is 0 Å². The minimum absolute atomic E-state index is 0.709. The summed E-state index contributed by atoms with van der Waals surface area (Å²) in [7, 11) is 0. The van der Waals surface area contributed by atoms with Gasteiger partial charge >= 0.3 is 0 Å². The van der Waals surface area contributed by atoms with Crippen molar-refractivity contribution in [3.05, 3.63) is 12.2 Å². The van der Waals surface area contributed by atoms with Crippen LogP contribution in [0.15, 0.2) is 12.2 Å². The molecule has 0 spiro atoms. The van der Waals surface area contributed by atoms with Crippen molar-refractivity contribution in [2.24, 2.45) is 0 Å². The Morgan fingerprint density at radius 3 is 3.20 bits per heavy atom. The van der Waals surface area contributed by atoms with E-state index in [0.717, 1.165) is 6.04 Å². The zero-order chi connectivity index (χ0) is 6.81. The molecule has 2 bridgehead atoms. The smallest absolute Gasteiger partial charge is 0.0252 e. The van der Waals surface area contributed by atoms with Crippen LogP contribution in [0.2, 0.25) is 0 Å². The van der Waals surface area contributed by atoms with Crippen LogP contribution in [-0.2, 0) is 0 Å². The Morgan fingerprint density at radius 1 is 1.20 bits per heavy atom. The molecule has 56 valence electrons. The van der Waals surface area contributed by atoms with Gasteiger partial charge in [-0.25, -0.2) is 0 Å². The van der Waals surface area contributed by atoms with Gasteiger partial charge in [0.15, 0.2) is 0 Å². The second kappa shape index (κ2) is 2.75. The number of hydrogen-bond acceptors (Lipinski definition) is 1. The van der Waals surface area contributed by atoms with Crippen LogP contribution in [0.1, 0.15) is 32.1 Å². The summed E-state index contributed by atoms with van der Waals surface area (Å²) in [5.41, 5.74) is 0. The first-order chi connectivity index (χ1) is 4.95. The monoisotopic (exact) mass is 137 g/mol. The molecule has 0 radical (unpaired) electrons. The molecule has 0 amide bonds. The van der Waals surface area contributed by atoms with E-state index in [1.54, 1.807) is 0 Å². The normalized spacial score (nSPS) is 39.2. The zero-order valence-corrected chi connectivity index (χ0v) is 6.34. The van der Waals surface area contributed by atoms with Gasteiger partial charge in [0, 0.05) is 12.1 Å². The molecule has 0 aromatic heterocycles. The number of allylic oxidation sites excluding steroid dienone is 1. The molecule has 1 N–H and O–H groups in total. The lowest BCUT2D eigenvalue weighted by Crippen LogP contribution is -2.39. The third kappa shape index (κ3) is 1.24. The molecule has 0 aliphatic carbocycles. The average Bonchev–Trinajstić information content (AvgIpc) is 2.12. The third-order valence-electron chi connectivity index (χ3n) is 2.57. The Kier molecular flexibility index (Phi) is 1.76. The molecule has 1 nitrogen and oxygen atoms in total. The fourth-order valence-corrected chi connectivity index (χ4v) is 1.99. The number of nitrogens with one attached hydrogen (secondary N) is 1. The predicted octanol–water partition coefficient (Wildman–Crippen LogP) is 1.85. The van der Waals surface area contributed by atoms with Crippen LogP contribution in [0.25, 0.3) is 0 Å². The van der Waals surface area contributed by atoms with E-state index in [4.69, 9.17) is 0 Å². The first-order valence-electron chi connectivity index (χ1n) is 4.38. The fraction of sp³-hybridized carbons (Fsp3) is 0.778. The van der Waals surface area contributed by atoms with Crippen LogP contribution >= 0.6 is 0 Å². The van der Waals surface area contributed by atoms with Gasteiger partial charge in [0.2, 0.25) is 0 Å². The third-order valence-corrected chi connectivity index (χ3v) is 2.57. The molecule has 10 heavy (non-hydrogen) atoms. The summed E-state index contributed by atoms with van der Waals surface area (Å²) < 4.78 is 0. The van der Waals surface area contributed by atoms with Crippen molar-refractivity contribution >= 4 is 0 Å². The maximum absolute atomic E-state index is 3.63. The van der Waals surface area contributed by atoms with Crippen LogP contribution in [0.4, 0.5) is 0 Å². The molecule has 2 aliphatic heterocycles. The lowest BCUT2D eigenvalue weighted by molar-refractivity contribution is 0.350. The van der Waals surface area contributed by atoms with E-state index in [9.17, 15) is 0 Å². The van der Waals surface area contributed by atoms with Gasteiger partial charge in [0.25, 0.3) is 0 Å². The largest absolute Gasteiger partial charge is 0.308 e. The maximum atomic E-state index is 3.63. The number of piperidine rings is 1. The van der Waals surface area contributed by atoms with Gasteiger partial charge in [-0.1, -0.05) is 18.6 Å². The molecular weight excluding hydrogens is 122 g/mol. The van der Waals surface area contributed by atoms with E-state index in [1.165, 1.54) is 32.1 Å². The summed E-state index contributed by atoms with van der Waals surface area (Å²) in [5, 5.41) is 3.63. The molecule has 0 aromatic carbocycles. The highest BCUT2D eigenvalue weighted by atomic mass is 15.0. The Morgan fingerprint density at radius 2 is 2.20 bits per heavy atom. The van der Waals surface area contributed by atoms with Crippen molar-refractivity contribution < 1.29 is 0 Å². The minimum Gasteiger partial charge on any atom is -0.308 e. The van der Waals surface area contributed by atoms with Gasteiger partial charge in [-0.05, 0) is 25.7 Å². The SMILES string of the molecule is C1=CC2CCCC(CC1)N2. The van der Waals surface area contributed by atoms with E-state index in [1.807, 2.05) is 0 Å². The summed E-state index contributed by atoms with van der Waals surface area (Å²) in [4.78, 5) is 0. The van der Waals surface area contributed by atoms with E-state index in [2.05, 4.69) is 17.5 Å². The highest BCUT2D eigenvalue weighted by Crippen LogP contribution is 2.19.